The largest absolute Gasteiger partial charge is 0.415 e. The van der Waals surface area contributed by atoms with Gasteiger partial charge in [-0.15, -0.1) is 0 Å². The van der Waals surface area contributed by atoms with Crippen molar-refractivity contribution >= 4 is 187 Å². The van der Waals surface area contributed by atoms with Crippen molar-refractivity contribution in [3.05, 3.63) is 68.4 Å². The number of aromatic nitrogens is 2. The molecule has 6 nitrogen and oxygen atoms in total. The predicted molar refractivity (Wildman–Crippen MR) is 257 cm³/mol. The number of hydrogen-bond donors (Lipinski definition) is 0. The standard InChI is InChI=1S/C36H22B16F4N4O2S/c1-32(45,46)60(33(2,47)48)11-10-59(17(61)12-58-16-5-3-4-15(16)30(62)57-31(58)63-35(51,52)13-6-8-14(53)9-7-13)34(49,50)20-26(41)22(37)18(23(38)27(20)42)19-24(39)28(43)21(36(54,55)56)29(44)25(19)40/h6-9H,3-5,10-12H2,1-2H3. The van der Waals surface area contributed by atoms with E-state index in [1.807, 2.05) is 0 Å². The number of carbonyl (C=O) groups excluding carboxylic acids is 1. The van der Waals surface area contributed by atoms with Gasteiger partial charge in [0.25, 0.3) is 5.56 Å². The van der Waals surface area contributed by atoms with Gasteiger partial charge in [0.15, 0.2) is 5.16 Å². The Morgan fingerprint density at radius 1 is 0.714 bits per heavy atom. The third-order valence-electron chi connectivity index (χ3n) is 10.8. The second-order valence-corrected chi connectivity index (χ2v) is 17.0. The first kappa shape index (κ1) is 51.1. The van der Waals surface area contributed by atoms with Crippen molar-refractivity contribution in [1.29, 1.82) is 0 Å². The Morgan fingerprint density at radius 2 is 1.17 bits per heavy atom. The van der Waals surface area contributed by atoms with E-state index in [2.05, 4.69) is 4.98 Å². The molecule has 0 saturated heterocycles. The van der Waals surface area contributed by atoms with E-state index in [0.717, 1.165) is 17.0 Å². The minimum absolute atomic E-state index is 0.0975. The Balaban J connectivity index is 1.71. The number of thioether (sulfide) groups is 1. The highest BCUT2D eigenvalue weighted by Gasteiger charge is 2.40. The van der Waals surface area contributed by atoms with E-state index in [9.17, 15) is 27.2 Å². The smallest absolute Gasteiger partial charge is 0.347 e. The molecule has 280 valence electrons. The maximum atomic E-state index is 15.0. The lowest BCUT2D eigenvalue weighted by molar-refractivity contribution is -0.136. The molecule has 1 aromatic heterocycles. The average molecular weight is 824 g/mol. The summed E-state index contributed by atoms with van der Waals surface area (Å²) in [5.41, 5.74) is -7.77. The van der Waals surface area contributed by atoms with E-state index in [0.29, 0.717) is 42.3 Å². The molecule has 0 fully saturated rings. The van der Waals surface area contributed by atoms with Gasteiger partial charge >= 0.3 is 6.18 Å². The number of carbonyl (C=O) groups is 1. The van der Waals surface area contributed by atoms with Gasteiger partial charge in [0, 0.05) is 29.9 Å². The molecule has 0 saturated carbocycles. The highest BCUT2D eigenvalue weighted by molar-refractivity contribution is 8.02. The molecular formula is C36H22B16F4N4O2S. The van der Waals surface area contributed by atoms with Crippen LogP contribution in [0.2, 0.25) is 0 Å². The van der Waals surface area contributed by atoms with Crippen molar-refractivity contribution < 1.29 is 22.4 Å². The van der Waals surface area contributed by atoms with Crippen molar-refractivity contribution in [2.45, 2.75) is 71.5 Å². The molecule has 0 aliphatic heterocycles. The van der Waals surface area contributed by atoms with Crippen LogP contribution < -0.4 is 49.3 Å². The maximum Gasteiger partial charge on any atom is 0.415 e. The Labute approximate surface area is 390 Å². The van der Waals surface area contributed by atoms with Crippen LogP contribution in [0.4, 0.5) is 17.6 Å². The summed E-state index contributed by atoms with van der Waals surface area (Å²) in [5, 5.41) is -6.12. The van der Waals surface area contributed by atoms with E-state index in [4.69, 9.17) is 126 Å². The van der Waals surface area contributed by atoms with Crippen LogP contribution in [-0.4, -0.2) is 175 Å². The zero-order chi connectivity index (χ0) is 47.7. The number of fused-ring (bicyclic) bond motifs is 1. The number of amides is 1. The Hall–Kier alpha value is -2.92. The number of benzene rings is 3. The quantitative estimate of drug-likeness (QED) is 0.0582. The average Bonchev–Trinajstić information content (AvgIpc) is 3.64. The molecule has 1 heterocycles. The first-order valence-electron chi connectivity index (χ1n) is 18.8. The maximum absolute atomic E-state index is 15.0. The zero-order valence-corrected chi connectivity index (χ0v) is 35.1. The zero-order valence-electron chi connectivity index (χ0n) is 34.3. The molecule has 1 aliphatic carbocycles. The Kier molecular flexibility index (Phi) is 14.6. The molecule has 63 heavy (non-hydrogen) atoms. The molecule has 4 aromatic rings. The summed E-state index contributed by atoms with van der Waals surface area (Å²) in [6.07, 6.45) is -3.88. The van der Waals surface area contributed by atoms with Crippen LogP contribution in [0.15, 0.2) is 34.2 Å². The lowest BCUT2D eigenvalue weighted by Crippen LogP contribution is -2.65. The summed E-state index contributed by atoms with van der Waals surface area (Å²) < 4.78 is 55.3. The third kappa shape index (κ3) is 9.95. The van der Waals surface area contributed by atoms with Crippen LogP contribution in [0.1, 0.15) is 48.2 Å². The lowest BCUT2D eigenvalue weighted by Gasteiger charge is -2.50. The molecule has 0 spiro atoms. The third-order valence-corrected chi connectivity index (χ3v) is 11.8. The van der Waals surface area contributed by atoms with Gasteiger partial charge in [-0.2, -0.15) is 18.2 Å². The number of hydrogen-bond acceptors (Lipinski definition) is 5. The van der Waals surface area contributed by atoms with Crippen molar-refractivity contribution in [3.8, 4) is 11.1 Å². The van der Waals surface area contributed by atoms with Crippen LogP contribution in [0.5, 0.6) is 0 Å². The molecule has 0 unspecified atom stereocenters. The molecule has 1 amide bonds. The fourth-order valence-corrected chi connectivity index (χ4v) is 8.72. The summed E-state index contributed by atoms with van der Waals surface area (Å²) in [5.74, 6) is -1.44. The highest BCUT2D eigenvalue weighted by Crippen LogP contribution is 2.37. The van der Waals surface area contributed by atoms with E-state index >= 15 is 0 Å². The number of rotatable bonds is 13. The van der Waals surface area contributed by atoms with Crippen molar-refractivity contribution in [1.82, 2.24) is 19.4 Å². The van der Waals surface area contributed by atoms with Gasteiger partial charge in [-0.1, -0.05) is 97.7 Å². The SMILES string of the molecule is [B]c1c([B])c(C(F)(F)F)c([B])c([B])c1-c1c([B])c([B])c(C([B])([B])N(CCN(C([B])([B])C)C([B])([B])C)C(=O)Cn2c(SC([B])([B])c3ccc(F)cc3)nc(=O)c3c2CCC3)c([B])c1[B]. The van der Waals surface area contributed by atoms with Crippen LogP contribution in [0, 0.1) is 5.82 Å². The second-order valence-electron chi connectivity index (χ2n) is 15.7. The highest BCUT2D eigenvalue weighted by atomic mass is 32.2. The summed E-state index contributed by atoms with van der Waals surface area (Å²) in [4.78, 5) is 34.7. The van der Waals surface area contributed by atoms with Gasteiger partial charge in [0.2, 0.25) is 5.91 Å². The number of nitrogens with zero attached hydrogens (tertiary/aromatic N) is 4. The van der Waals surface area contributed by atoms with Crippen molar-refractivity contribution in [2.24, 2.45) is 0 Å². The first-order valence-corrected chi connectivity index (χ1v) is 19.6. The number of alkyl halides is 3. The summed E-state index contributed by atoms with van der Waals surface area (Å²) in [7, 11) is 102. The molecule has 0 bridgehead atoms. The monoisotopic (exact) mass is 826 g/mol. The molecule has 5 rings (SSSR count). The molecule has 3 aromatic carbocycles. The molecule has 32 radical (unpaired) electrons. The van der Waals surface area contributed by atoms with Crippen molar-refractivity contribution in [2.75, 3.05) is 13.1 Å². The van der Waals surface area contributed by atoms with Crippen LogP contribution in [-0.2, 0) is 40.2 Å². The van der Waals surface area contributed by atoms with Gasteiger partial charge in [-0.3, -0.25) is 9.59 Å². The Bertz CT molecular complexity index is 2460. The molecule has 0 N–H and O–H groups in total. The number of halogens is 4. The Morgan fingerprint density at radius 3 is 1.62 bits per heavy atom. The predicted octanol–water partition coefficient (Wildman–Crippen LogP) is -6.55. The van der Waals surface area contributed by atoms with Gasteiger partial charge in [0.1, 0.15) is 75.1 Å². The van der Waals surface area contributed by atoms with Crippen LogP contribution in [0.25, 0.3) is 11.1 Å². The first-order chi connectivity index (χ1) is 28.7. The van der Waals surface area contributed by atoms with E-state index < -0.39 is 118 Å². The molecular weight excluding hydrogens is 801 g/mol. The second kappa shape index (κ2) is 18.0. The van der Waals surface area contributed by atoms with Crippen LogP contribution >= 0.6 is 11.8 Å². The van der Waals surface area contributed by atoms with E-state index in [1.54, 1.807) is 0 Å². The van der Waals surface area contributed by atoms with E-state index in [1.165, 1.54) is 35.4 Å². The lowest BCUT2D eigenvalue weighted by atomic mass is 9.48. The van der Waals surface area contributed by atoms with Crippen molar-refractivity contribution in [3.63, 3.8) is 0 Å². The van der Waals surface area contributed by atoms with Gasteiger partial charge in [0.05, 0.1) is 62.8 Å². The fraction of sp³-hybridized carbons (Fsp3) is 0.361. The topological polar surface area (TPSA) is 58.4 Å². The molecule has 0 atom stereocenters. The van der Waals surface area contributed by atoms with E-state index in [-0.39, 0.29) is 22.8 Å². The minimum Gasteiger partial charge on any atom is -0.347 e. The summed E-state index contributed by atoms with van der Waals surface area (Å²) in [6, 6.07) is 4.98. The van der Waals surface area contributed by atoms with Gasteiger partial charge < -0.3 is 14.4 Å². The fourth-order valence-electron chi connectivity index (χ4n) is 7.75. The van der Waals surface area contributed by atoms with Gasteiger partial charge in [-0.05, 0) is 58.0 Å². The molecule has 27 heteroatoms. The minimum atomic E-state index is -5.07. The summed E-state index contributed by atoms with van der Waals surface area (Å²) in [6.45, 7) is 1.32. The van der Waals surface area contributed by atoms with Crippen LogP contribution in [0.3, 0.4) is 0 Å². The van der Waals surface area contributed by atoms with Gasteiger partial charge in [-0.25, -0.2) is 4.39 Å². The normalized spacial score (nSPS) is 13.6. The molecule has 1 aliphatic rings. The summed E-state index contributed by atoms with van der Waals surface area (Å²) >= 11 is 0.713.